The second-order valence-corrected chi connectivity index (χ2v) is 2.08. The van der Waals surface area contributed by atoms with E-state index in [1.54, 1.807) is 0 Å². The van der Waals surface area contributed by atoms with E-state index in [-0.39, 0.29) is 0 Å². The maximum atomic E-state index is 3.27. The Labute approximate surface area is 42.7 Å². The van der Waals surface area contributed by atoms with Crippen molar-refractivity contribution in [2.75, 3.05) is 19.9 Å². The smallest absolute Gasteiger partial charge is 0.0750 e. The lowest BCUT2D eigenvalue weighted by Crippen LogP contribution is -2.41. The SMILES string of the molecule is C1NCN2CC2N1. The van der Waals surface area contributed by atoms with E-state index in [0.29, 0.717) is 0 Å². The summed E-state index contributed by atoms with van der Waals surface area (Å²) in [5.74, 6) is 0. The topological polar surface area (TPSA) is 27.1 Å². The number of hydrogen-bond donors (Lipinski definition) is 2. The van der Waals surface area contributed by atoms with Gasteiger partial charge in [-0.15, -0.1) is 0 Å². The van der Waals surface area contributed by atoms with Gasteiger partial charge in [0.1, 0.15) is 0 Å². The molecule has 40 valence electrons. The van der Waals surface area contributed by atoms with Gasteiger partial charge in [0.05, 0.1) is 12.8 Å². The molecule has 2 heterocycles. The molecule has 2 unspecified atom stereocenters. The summed E-state index contributed by atoms with van der Waals surface area (Å²) in [5.41, 5.74) is 0. The molecular formula is C4H9N3. The standard InChI is InChI=1S/C4H9N3/c1-4-6-2-5-3-7(1)4/h4-6H,1-3H2. The Hall–Kier alpha value is -0.120. The molecule has 0 spiro atoms. The van der Waals surface area contributed by atoms with Gasteiger partial charge in [0.15, 0.2) is 0 Å². The fraction of sp³-hybridized carbons (Fsp3) is 1.00. The Morgan fingerprint density at radius 1 is 1.57 bits per heavy atom. The van der Waals surface area contributed by atoms with Crippen LogP contribution in [0.4, 0.5) is 0 Å². The van der Waals surface area contributed by atoms with Crippen LogP contribution in [0.1, 0.15) is 0 Å². The summed E-state index contributed by atoms with van der Waals surface area (Å²) in [7, 11) is 0. The minimum Gasteiger partial charge on any atom is -0.292 e. The van der Waals surface area contributed by atoms with Gasteiger partial charge in [-0.2, -0.15) is 0 Å². The van der Waals surface area contributed by atoms with Crippen molar-refractivity contribution in [1.29, 1.82) is 0 Å². The van der Waals surface area contributed by atoms with Gasteiger partial charge in [0, 0.05) is 13.2 Å². The summed E-state index contributed by atoms with van der Waals surface area (Å²) in [5, 5.41) is 6.46. The Bertz CT molecular complexity index is 73.0. The van der Waals surface area contributed by atoms with Gasteiger partial charge in [-0.05, 0) is 0 Å². The van der Waals surface area contributed by atoms with Crippen LogP contribution >= 0.6 is 0 Å². The minimum absolute atomic E-state index is 0.723. The quantitative estimate of drug-likeness (QED) is 0.371. The third-order valence-electron chi connectivity index (χ3n) is 1.49. The van der Waals surface area contributed by atoms with Crippen LogP contribution in [0.3, 0.4) is 0 Å². The van der Waals surface area contributed by atoms with Crippen molar-refractivity contribution in [3.63, 3.8) is 0 Å². The average Bonchev–Trinajstić information content (AvgIpc) is 2.41. The van der Waals surface area contributed by atoms with E-state index in [0.717, 1.165) is 19.5 Å². The third kappa shape index (κ3) is 0.534. The Morgan fingerprint density at radius 3 is 3.14 bits per heavy atom. The zero-order valence-electron chi connectivity index (χ0n) is 4.15. The summed E-state index contributed by atoms with van der Waals surface area (Å²) in [6.07, 6.45) is 0.723. The predicted octanol–water partition coefficient (Wildman–Crippen LogP) is -1.26. The summed E-state index contributed by atoms with van der Waals surface area (Å²) >= 11 is 0. The van der Waals surface area contributed by atoms with Crippen molar-refractivity contribution in [3.8, 4) is 0 Å². The highest BCUT2D eigenvalue weighted by molar-refractivity contribution is 4.88. The van der Waals surface area contributed by atoms with Crippen LogP contribution in [0.2, 0.25) is 0 Å². The summed E-state index contributed by atoms with van der Waals surface area (Å²) < 4.78 is 0. The minimum atomic E-state index is 0.723. The first-order valence-corrected chi connectivity index (χ1v) is 2.65. The first-order valence-electron chi connectivity index (χ1n) is 2.65. The molecule has 0 radical (unpaired) electrons. The van der Waals surface area contributed by atoms with Crippen molar-refractivity contribution in [1.82, 2.24) is 15.5 Å². The molecule has 0 aromatic rings. The van der Waals surface area contributed by atoms with Crippen molar-refractivity contribution in [3.05, 3.63) is 0 Å². The molecule has 2 saturated heterocycles. The molecule has 2 N–H and O–H groups in total. The van der Waals surface area contributed by atoms with Crippen LogP contribution in [0.15, 0.2) is 0 Å². The van der Waals surface area contributed by atoms with E-state index in [1.807, 2.05) is 0 Å². The molecule has 3 nitrogen and oxygen atoms in total. The van der Waals surface area contributed by atoms with Crippen LogP contribution in [-0.2, 0) is 0 Å². The van der Waals surface area contributed by atoms with Gasteiger partial charge in [0.25, 0.3) is 0 Å². The van der Waals surface area contributed by atoms with Gasteiger partial charge in [-0.3, -0.25) is 15.5 Å². The zero-order valence-corrected chi connectivity index (χ0v) is 4.15. The Kier molecular flexibility index (Phi) is 0.647. The fourth-order valence-electron chi connectivity index (χ4n) is 0.933. The van der Waals surface area contributed by atoms with Crippen molar-refractivity contribution in [2.24, 2.45) is 0 Å². The number of fused-ring (bicyclic) bond motifs is 1. The van der Waals surface area contributed by atoms with E-state index in [4.69, 9.17) is 0 Å². The van der Waals surface area contributed by atoms with Gasteiger partial charge >= 0.3 is 0 Å². The molecule has 0 amide bonds. The molecule has 2 rings (SSSR count). The average molecular weight is 99.1 g/mol. The Morgan fingerprint density at radius 2 is 2.57 bits per heavy atom. The molecule has 0 aromatic carbocycles. The van der Waals surface area contributed by atoms with Crippen molar-refractivity contribution in [2.45, 2.75) is 6.17 Å². The number of nitrogens with zero attached hydrogens (tertiary/aromatic N) is 1. The van der Waals surface area contributed by atoms with Crippen LogP contribution in [0.5, 0.6) is 0 Å². The molecule has 2 fully saturated rings. The summed E-state index contributed by atoms with van der Waals surface area (Å²) in [6, 6.07) is 0. The monoisotopic (exact) mass is 99.1 g/mol. The highest BCUT2D eigenvalue weighted by Crippen LogP contribution is 2.12. The highest BCUT2D eigenvalue weighted by atomic mass is 15.5. The molecule has 0 aromatic heterocycles. The van der Waals surface area contributed by atoms with E-state index in [2.05, 4.69) is 15.5 Å². The maximum absolute atomic E-state index is 3.27. The van der Waals surface area contributed by atoms with Crippen LogP contribution < -0.4 is 10.6 Å². The van der Waals surface area contributed by atoms with E-state index in [1.165, 1.54) is 6.54 Å². The predicted molar refractivity (Wildman–Crippen MR) is 26.5 cm³/mol. The molecule has 0 aliphatic carbocycles. The van der Waals surface area contributed by atoms with Crippen LogP contribution in [-0.4, -0.2) is 30.9 Å². The molecular weight excluding hydrogens is 90.1 g/mol. The lowest BCUT2D eigenvalue weighted by atomic mass is 10.7. The first kappa shape index (κ1) is 3.83. The van der Waals surface area contributed by atoms with Crippen molar-refractivity contribution < 1.29 is 0 Å². The molecule has 0 bridgehead atoms. The molecule has 3 heteroatoms. The lowest BCUT2D eigenvalue weighted by molar-refractivity contribution is 0.351. The van der Waals surface area contributed by atoms with E-state index in [9.17, 15) is 0 Å². The largest absolute Gasteiger partial charge is 0.292 e. The maximum Gasteiger partial charge on any atom is 0.0750 e. The summed E-state index contributed by atoms with van der Waals surface area (Å²) in [6.45, 7) is 3.31. The number of hydrogen-bond acceptors (Lipinski definition) is 3. The molecule has 2 aliphatic rings. The Balaban J connectivity index is 1.95. The highest BCUT2D eigenvalue weighted by Gasteiger charge is 2.34. The second kappa shape index (κ2) is 1.18. The van der Waals surface area contributed by atoms with E-state index >= 15 is 0 Å². The molecule has 2 aliphatic heterocycles. The van der Waals surface area contributed by atoms with Crippen LogP contribution in [0, 0.1) is 0 Å². The second-order valence-electron chi connectivity index (χ2n) is 2.08. The normalized spacial score (nSPS) is 48.0. The lowest BCUT2D eigenvalue weighted by Gasteiger charge is -2.12. The molecule has 0 saturated carbocycles. The van der Waals surface area contributed by atoms with Crippen LogP contribution in [0.25, 0.3) is 0 Å². The van der Waals surface area contributed by atoms with Gasteiger partial charge < -0.3 is 0 Å². The fourth-order valence-corrected chi connectivity index (χ4v) is 0.933. The first-order chi connectivity index (χ1) is 3.47. The molecule has 2 atom stereocenters. The van der Waals surface area contributed by atoms with Gasteiger partial charge in [0.2, 0.25) is 0 Å². The van der Waals surface area contributed by atoms with Gasteiger partial charge in [-0.1, -0.05) is 0 Å². The molecule has 7 heavy (non-hydrogen) atoms. The third-order valence-corrected chi connectivity index (χ3v) is 1.49. The summed E-state index contributed by atoms with van der Waals surface area (Å²) in [4.78, 5) is 2.34. The zero-order chi connectivity index (χ0) is 4.69. The number of rotatable bonds is 0. The van der Waals surface area contributed by atoms with E-state index < -0.39 is 0 Å². The van der Waals surface area contributed by atoms with Gasteiger partial charge in [-0.25, -0.2) is 0 Å². The van der Waals surface area contributed by atoms with Crippen molar-refractivity contribution >= 4 is 0 Å². The number of nitrogens with one attached hydrogen (secondary N) is 2.